The summed E-state index contributed by atoms with van der Waals surface area (Å²) in [7, 11) is 0. The van der Waals surface area contributed by atoms with Gasteiger partial charge in [-0.25, -0.2) is 4.98 Å². The van der Waals surface area contributed by atoms with Crippen molar-refractivity contribution in [2.24, 2.45) is 0 Å². The van der Waals surface area contributed by atoms with Crippen LogP contribution in [-0.2, 0) is 0 Å². The first-order valence-electron chi connectivity index (χ1n) is 5.15. The van der Waals surface area contributed by atoms with Gasteiger partial charge in [0.05, 0.1) is 15.7 Å². The minimum absolute atomic E-state index is 0.626. The van der Waals surface area contributed by atoms with Gasteiger partial charge in [0.25, 0.3) is 0 Å². The first-order valence-corrected chi connectivity index (χ1v) is 6.95. The van der Waals surface area contributed by atoms with Gasteiger partial charge < -0.3 is 5.73 Å². The minimum atomic E-state index is 0.626. The van der Waals surface area contributed by atoms with E-state index in [-0.39, 0.29) is 0 Å². The molecular formula is C13H12N2S2. The lowest BCUT2D eigenvalue weighted by Gasteiger charge is -1.91. The maximum absolute atomic E-state index is 5.63. The first-order chi connectivity index (χ1) is 8.25. The van der Waals surface area contributed by atoms with Gasteiger partial charge in [0.2, 0.25) is 0 Å². The number of nitrogens with zero attached hydrogens (tertiary/aromatic N) is 1. The van der Waals surface area contributed by atoms with Gasteiger partial charge in [0, 0.05) is 5.56 Å². The molecule has 0 amide bonds. The van der Waals surface area contributed by atoms with Gasteiger partial charge in [-0.1, -0.05) is 41.4 Å². The maximum Gasteiger partial charge on any atom is 0.181 e. The highest BCUT2D eigenvalue weighted by molar-refractivity contribution is 8.01. The smallest absolute Gasteiger partial charge is 0.181 e. The van der Waals surface area contributed by atoms with Crippen LogP contribution in [-0.4, -0.2) is 10.7 Å². The highest BCUT2D eigenvalue weighted by atomic mass is 32.2. The van der Waals surface area contributed by atoms with Gasteiger partial charge in [0.15, 0.2) is 5.13 Å². The largest absolute Gasteiger partial charge is 0.375 e. The van der Waals surface area contributed by atoms with Crippen LogP contribution >= 0.6 is 23.1 Å². The van der Waals surface area contributed by atoms with Gasteiger partial charge >= 0.3 is 0 Å². The Kier molecular flexibility index (Phi) is 4.08. The summed E-state index contributed by atoms with van der Waals surface area (Å²) in [5.74, 6) is 7.02. The lowest BCUT2D eigenvalue weighted by atomic mass is 10.2. The zero-order chi connectivity index (χ0) is 12.1. The molecule has 0 bridgehead atoms. The Labute approximate surface area is 109 Å². The number of thioether (sulfide) groups is 1. The van der Waals surface area contributed by atoms with Gasteiger partial charge in [-0.15, -0.1) is 11.8 Å². The molecule has 0 aliphatic rings. The number of nitrogens with two attached hydrogens (primary N) is 1. The Morgan fingerprint density at radius 2 is 2.12 bits per heavy atom. The average molecular weight is 260 g/mol. The molecule has 0 unspecified atom stereocenters. The molecule has 1 aromatic carbocycles. The van der Waals surface area contributed by atoms with E-state index in [1.54, 1.807) is 11.8 Å². The summed E-state index contributed by atoms with van der Waals surface area (Å²) in [6.45, 7) is 1.97. The molecule has 0 radical (unpaired) electrons. The Morgan fingerprint density at radius 1 is 1.35 bits per heavy atom. The third-order valence-corrected chi connectivity index (χ3v) is 4.28. The van der Waals surface area contributed by atoms with E-state index in [0.29, 0.717) is 5.13 Å². The topological polar surface area (TPSA) is 38.9 Å². The number of nitrogen functional groups attached to an aromatic ring is 1. The summed E-state index contributed by atoms with van der Waals surface area (Å²) in [5, 5.41) is 0.626. The standard InChI is InChI=1S/C13H12N2S2/c1-10-12(17-13(14)15-10)16-9-5-8-11-6-3-2-4-7-11/h2-4,6-7H,9H2,1H3,(H2,14,15). The number of hydrogen-bond acceptors (Lipinski definition) is 4. The second-order valence-corrected chi connectivity index (χ2v) is 5.66. The van der Waals surface area contributed by atoms with E-state index in [1.165, 1.54) is 11.3 Å². The fourth-order valence-electron chi connectivity index (χ4n) is 1.30. The van der Waals surface area contributed by atoms with E-state index in [2.05, 4.69) is 16.8 Å². The summed E-state index contributed by atoms with van der Waals surface area (Å²) >= 11 is 3.21. The molecule has 4 heteroatoms. The summed E-state index contributed by atoms with van der Waals surface area (Å²) in [6.07, 6.45) is 0. The first kappa shape index (κ1) is 12.0. The number of aromatic nitrogens is 1. The molecule has 0 saturated heterocycles. The summed E-state index contributed by atoms with van der Waals surface area (Å²) in [5.41, 5.74) is 7.68. The molecule has 2 N–H and O–H groups in total. The molecule has 86 valence electrons. The molecule has 0 saturated carbocycles. The second kappa shape index (κ2) is 5.76. The molecule has 0 aliphatic heterocycles. The second-order valence-electron chi connectivity index (χ2n) is 3.38. The van der Waals surface area contributed by atoms with Gasteiger partial charge in [-0.05, 0) is 19.1 Å². The van der Waals surface area contributed by atoms with Crippen molar-refractivity contribution in [1.82, 2.24) is 4.98 Å². The van der Waals surface area contributed by atoms with E-state index in [4.69, 9.17) is 5.73 Å². The minimum Gasteiger partial charge on any atom is -0.375 e. The predicted molar refractivity (Wildman–Crippen MR) is 75.3 cm³/mol. The highest BCUT2D eigenvalue weighted by Crippen LogP contribution is 2.29. The van der Waals surface area contributed by atoms with Gasteiger partial charge in [0.1, 0.15) is 0 Å². The zero-order valence-electron chi connectivity index (χ0n) is 9.43. The van der Waals surface area contributed by atoms with Crippen molar-refractivity contribution in [3.63, 3.8) is 0 Å². The number of thiazole rings is 1. The molecule has 2 aromatic rings. The zero-order valence-corrected chi connectivity index (χ0v) is 11.1. The Balaban J connectivity index is 1.92. The van der Waals surface area contributed by atoms with Crippen molar-refractivity contribution in [1.29, 1.82) is 0 Å². The summed E-state index contributed by atoms with van der Waals surface area (Å²) in [6, 6.07) is 9.99. The van der Waals surface area contributed by atoms with E-state index in [9.17, 15) is 0 Å². The Morgan fingerprint density at radius 3 is 2.76 bits per heavy atom. The fraction of sp³-hybridized carbons (Fsp3) is 0.154. The van der Waals surface area contributed by atoms with Crippen LogP contribution in [0.25, 0.3) is 0 Å². The van der Waals surface area contributed by atoms with E-state index >= 15 is 0 Å². The number of rotatable bonds is 2. The van der Waals surface area contributed by atoms with Crippen molar-refractivity contribution in [3.8, 4) is 11.8 Å². The lowest BCUT2D eigenvalue weighted by molar-refractivity contribution is 1.22. The van der Waals surface area contributed by atoms with E-state index in [0.717, 1.165) is 21.2 Å². The molecule has 2 nitrogen and oxygen atoms in total. The lowest BCUT2D eigenvalue weighted by Crippen LogP contribution is -1.80. The molecule has 0 aliphatic carbocycles. The number of hydrogen-bond donors (Lipinski definition) is 1. The maximum atomic E-state index is 5.63. The van der Waals surface area contributed by atoms with Crippen molar-refractivity contribution >= 4 is 28.2 Å². The van der Waals surface area contributed by atoms with E-state index in [1.807, 2.05) is 37.3 Å². The predicted octanol–water partition coefficient (Wildman–Crippen LogP) is 3.18. The molecule has 2 rings (SSSR count). The Hall–Kier alpha value is -1.44. The van der Waals surface area contributed by atoms with Crippen molar-refractivity contribution in [3.05, 3.63) is 41.6 Å². The van der Waals surface area contributed by atoms with Crippen molar-refractivity contribution < 1.29 is 0 Å². The van der Waals surface area contributed by atoms with Crippen LogP contribution in [0.3, 0.4) is 0 Å². The molecule has 0 spiro atoms. The molecule has 0 atom stereocenters. The molecule has 17 heavy (non-hydrogen) atoms. The van der Waals surface area contributed by atoms with E-state index < -0.39 is 0 Å². The van der Waals surface area contributed by atoms with Crippen LogP contribution in [0, 0.1) is 18.8 Å². The SMILES string of the molecule is Cc1nc(N)sc1SCC#Cc1ccccc1. The average Bonchev–Trinajstić information content (AvgIpc) is 2.65. The van der Waals surface area contributed by atoms with Gasteiger partial charge in [-0.3, -0.25) is 0 Å². The number of aryl methyl sites for hydroxylation is 1. The molecule has 0 fully saturated rings. The number of anilines is 1. The van der Waals surface area contributed by atoms with Crippen LogP contribution in [0.4, 0.5) is 5.13 Å². The van der Waals surface area contributed by atoms with Crippen LogP contribution in [0.1, 0.15) is 11.3 Å². The van der Waals surface area contributed by atoms with Crippen LogP contribution in [0.5, 0.6) is 0 Å². The van der Waals surface area contributed by atoms with Gasteiger partial charge in [-0.2, -0.15) is 0 Å². The van der Waals surface area contributed by atoms with Crippen molar-refractivity contribution in [2.45, 2.75) is 11.1 Å². The molecule has 1 heterocycles. The van der Waals surface area contributed by atoms with Crippen molar-refractivity contribution in [2.75, 3.05) is 11.5 Å². The highest BCUT2D eigenvalue weighted by Gasteiger charge is 2.03. The third kappa shape index (κ3) is 3.52. The molecular weight excluding hydrogens is 248 g/mol. The molecule has 1 aromatic heterocycles. The third-order valence-electron chi connectivity index (χ3n) is 2.05. The summed E-state index contributed by atoms with van der Waals surface area (Å²) < 4.78 is 1.16. The normalized spacial score (nSPS) is 9.71. The quantitative estimate of drug-likeness (QED) is 0.666. The van der Waals surface area contributed by atoms with Crippen LogP contribution in [0.15, 0.2) is 34.5 Å². The number of benzene rings is 1. The fourth-order valence-corrected chi connectivity index (χ4v) is 3.06. The monoisotopic (exact) mass is 260 g/mol. The summed E-state index contributed by atoms with van der Waals surface area (Å²) in [4.78, 5) is 4.18. The Bertz CT molecular complexity index is 550. The van der Waals surface area contributed by atoms with Crippen LogP contribution in [0.2, 0.25) is 0 Å². The van der Waals surface area contributed by atoms with Crippen LogP contribution < -0.4 is 5.73 Å².